The van der Waals surface area contributed by atoms with Gasteiger partial charge in [0, 0.05) is 38.3 Å². The number of hydrogen-bond donors (Lipinski definition) is 3. The highest BCUT2D eigenvalue weighted by molar-refractivity contribution is 14.0. The first-order valence-corrected chi connectivity index (χ1v) is 8.71. The van der Waals surface area contributed by atoms with Gasteiger partial charge in [-0.15, -0.1) is 35.3 Å². The van der Waals surface area contributed by atoms with Gasteiger partial charge in [0.2, 0.25) is 0 Å². The predicted octanol–water partition coefficient (Wildman–Crippen LogP) is 1.52. The van der Waals surface area contributed by atoms with Crippen LogP contribution in [0.1, 0.15) is 9.88 Å². The summed E-state index contributed by atoms with van der Waals surface area (Å²) in [6, 6.07) is 0. The van der Waals surface area contributed by atoms with Crippen LogP contribution in [0.5, 0.6) is 0 Å². The summed E-state index contributed by atoms with van der Waals surface area (Å²) in [7, 11) is 3.61. The highest BCUT2D eigenvalue weighted by atomic mass is 127. The molecule has 3 heterocycles. The number of rotatable bonds is 6. The first-order chi connectivity index (χ1) is 12.2. The standard InChI is InChI=1S/C15H21N9S.HI/c1-10-6-19-12(25-10)8-20-15(16-2)18-5-4-17-13-11-7-23-24(3)14(11)22-9-21-13;/h6-7,9H,4-5,8H2,1-3H3,(H2,16,18,20)(H,17,21,22);1H. The molecule has 26 heavy (non-hydrogen) atoms. The molecule has 0 radical (unpaired) electrons. The number of nitrogens with one attached hydrogen (secondary N) is 3. The Hall–Kier alpha value is -2.02. The van der Waals surface area contributed by atoms with E-state index < -0.39 is 0 Å². The summed E-state index contributed by atoms with van der Waals surface area (Å²) in [5, 5.41) is 16.0. The number of aromatic nitrogens is 5. The summed E-state index contributed by atoms with van der Waals surface area (Å²) in [5.74, 6) is 1.52. The van der Waals surface area contributed by atoms with E-state index in [9.17, 15) is 0 Å². The van der Waals surface area contributed by atoms with Gasteiger partial charge in [-0.1, -0.05) is 0 Å². The third kappa shape index (κ3) is 5.00. The zero-order valence-corrected chi connectivity index (χ0v) is 18.0. The molecule has 0 bridgehead atoms. The normalized spacial score (nSPS) is 11.3. The van der Waals surface area contributed by atoms with Gasteiger partial charge in [0.25, 0.3) is 0 Å². The Kier molecular flexibility index (Phi) is 7.50. The number of hydrogen-bond acceptors (Lipinski definition) is 7. The Morgan fingerprint density at radius 2 is 2.04 bits per heavy atom. The number of aryl methyl sites for hydroxylation is 2. The summed E-state index contributed by atoms with van der Waals surface area (Å²) >= 11 is 1.68. The SMILES string of the molecule is CN=C(NCCNc1ncnc2c1cnn2C)NCc1ncc(C)s1.I. The van der Waals surface area contributed by atoms with E-state index in [0.717, 1.165) is 27.8 Å². The molecule has 11 heteroatoms. The van der Waals surface area contributed by atoms with Gasteiger partial charge in [-0.2, -0.15) is 5.10 Å². The van der Waals surface area contributed by atoms with Crippen LogP contribution in [0.2, 0.25) is 0 Å². The van der Waals surface area contributed by atoms with Crippen molar-refractivity contribution in [1.29, 1.82) is 0 Å². The summed E-state index contributed by atoms with van der Waals surface area (Å²) in [6.45, 7) is 4.10. The average Bonchev–Trinajstić information content (AvgIpc) is 3.21. The van der Waals surface area contributed by atoms with Crippen molar-refractivity contribution in [3.8, 4) is 0 Å². The molecule has 0 aliphatic carbocycles. The summed E-state index contributed by atoms with van der Waals surface area (Å²) < 4.78 is 1.73. The highest BCUT2D eigenvalue weighted by Crippen LogP contribution is 2.17. The summed E-state index contributed by atoms with van der Waals surface area (Å²) in [5.41, 5.74) is 0.807. The van der Waals surface area contributed by atoms with Crippen LogP contribution in [-0.2, 0) is 13.6 Å². The molecule has 3 N–H and O–H groups in total. The molecule has 3 aromatic rings. The quantitative estimate of drug-likeness (QED) is 0.210. The van der Waals surface area contributed by atoms with Gasteiger partial charge in [0.05, 0.1) is 18.1 Å². The van der Waals surface area contributed by atoms with E-state index in [4.69, 9.17) is 0 Å². The molecule has 0 aliphatic rings. The average molecular weight is 487 g/mol. The van der Waals surface area contributed by atoms with E-state index in [-0.39, 0.29) is 24.0 Å². The topological polar surface area (TPSA) is 105 Å². The molecule has 3 rings (SSSR count). The molecule has 0 spiro atoms. The number of anilines is 1. The second-order valence-corrected chi connectivity index (χ2v) is 6.69. The van der Waals surface area contributed by atoms with Crippen LogP contribution in [0.15, 0.2) is 23.7 Å². The zero-order valence-electron chi connectivity index (χ0n) is 14.9. The molecular weight excluding hydrogens is 465 g/mol. The lowest BCUT2D eigenvalue weighted by atomic mass is 10.4. The van der Waals surface area contributed by atoms with Crippen molar-refractivity contribution in [2.75, 3.05) is 25.5 Å². The van der Waals surface area contributed by atoms with E-state index in [1.54, 1.807) is 29.3 Å². The second-order valence-electron chi connectivity index (χ2n) is 5.37. The lowest BCUT2D eigenvalue weighted by molar-refractivity contribution is 0.785. The third-order valence-electron chi connectivity index (χ3n) is 3.54. The Morgan fingerprint density at radius 3 is 2.77 bits per heavy atom. The number of nitrogens with zero attached hydrogens (tertiary/aromatic N) is 6. The van der Waals surface area contributed by atoms with Crippen molar-refractivity contribution >= 4 is 58.1 Å². The predicted molar refractivity (Wildman–Crippen MR) is 115 cm³/mol. The molecule has 0 amide bonds. The number of thiazole rings is 1. The van der Waals surface area contributed by atoms with Crippen molar-refractivity contribution in [1.82, 2.24) is 35.4 Å². The van der Waals surface area contributed by atoms with E-state index in [1.165, 1.54) is 11.2 Å². The van der Waals surface area contributed by atoms with Crippen molar-refractivity contribution in [3.05, 3.63) is 28.6 Å². The number of fused-ring (bicyclic) bond motifs is 1. The first kappa shape index (κ1) is 20.3. The van der Waals surface area contributed by atoms with Crippen molar-refractivity contribution in [3.63, 3.8) is 0 Å². The Balaban J connectivity index is 0.00000243. The molecule has 0 aliphatic heterocycles. The number of guanidine groups is 1. The monoisotopic (exact) mass is 487 g/mol. The van der Waals surface area contributed by atoms with Gasteiger partial charge in [0.1, 0.15) is 17.2 Å². The molecule has 0 fully saturated rings. The van der Waals surface area contributed by atoms with Crippen molar-refractivity contribution < 1.29 is 0 Å². The van der Waals surface area contributed by atoms with Gasteiger partial charge in [-0.3, -0.25) is 9.67 Å². The number of halogens is 1. The molecule has 0 saturated heterocycles. The van der Waals surface area contributed by atoms with Crippen LogP contribution in [0.4, 0.5) is 5.82 Å². The lowest BCUT2D eigenvalue weighted by Crippen LogP contribution is -2.39. The van der Waals surface area contributed by atoms with E-state index in [1.807, 2.05) is 20.2 Å². The fourth-order valence-electron chi connectivity index (χ4n) is 2.33. The summed E-state index contributed by atoms with van der Waals surface area (Å²) in [4.78, 5) is 18.2. The van der Waals surface area contributed by atoms with E-state index >= 15 is 0 Å². The molecule has 0 atom stereocenters. The van der Waals surface area contributed by atoms with E-state index in [0.29, 0.717) is 19.6 Å². The maximum atomic E-state index is 4.33. The van der Waals surface area contributed by atoms with E-state index in [2.05, 4.69) is 41.0 Å². The Morgan fingerprint density at radius 1 is 1.19 bits per heavy atom. The van der Waals surface area contributed by atoms with Gasteiger partial charge < -0.3 is 16.0 Å². The molecule has 3 aromatic heterocycles. The van der Waals surface area contributed by atoms with Gasteiger partial charge in [0.15, 0.2) is 11.6 Å². The summed E-state index contributed by atoms with van der Waals surface area (Å²) in [6.07, 6.45) is 5.18. The molecule has 0 unspecified atom stereocenters. The van der Waals surface area contributed by atoms with Crippen LogP contribution in [0.3, 0.4) is 0 Å². The zero-order chi connectivity index (χ0) is 17.6. The molecule has 0 saturated carbocycles. The molecule has 0 aromatic carbocycles. The molecular formula is C15H22IN9S. The lowest BCUT2D eigenvalue weighted by Gasteiger charge is -2.11. The van der Waals surface area contributed by atoms with Crippen molar-refractivity contribution in [2.24, 2.45) is 12.0 Å². The highest BCUT2D eigenvalue weighted by Gasteiger charge is 2.07. The van der Waals surface area contributed by atoms with Crippen LogP contribution in [0, 0.1) is 6.92 Å². The fraction of sp³-hybridized carbons (Fsp3) is 0.400. The number of aliphatic imine (C=N–C) groups is 1. The molecule has 140 valence electrons. The van der Waals surface area contributed by atoms with Crippen LogP contribution < -0.4 is 16.0 Å². The first-order valence-electron chi connectivity index (χ1n) is 7.90. The van der Waals surface area contributed by atoms with Gasteiger partial charge >= 0.3 is 0 Å². The van der Waals surface area contributed by atoms with Gasteiger partial charge in [-0.25, -0.2) is 15.0 Å². The molecule has 9 nitrogen and oxygen atoms in total. The maximum absolute atomic E-state index is 4.33. The second kappa shape index (κ2) is 9.62. The minimum absolute atomic E-state index is 0. The van der Waals surface area contributed by atoms with Crippen LogP contribution in [0.25, 0.3) is 11.0 Å². The third-order valence-corrected chi connectivity index (χ3v) is 4.45. The van der Waals surface area contributed by atoms with Gasteiger partial charge in [-0.05, 0) is 6.92 Å². The maximum Gasteiger partial charge on any atom is 0.191 e. The minimum atomic E-state index is 0. The Labute approximate surface area is 172 Å². The Bertz CT molecular complexity index is 873. The van der Waals surface area contributed by atoms with Crippen LogP contribution >= 0.6 is 35.3 Å². The smallest absolute Gasteiger partial charge is 0.191 e. The van der Waals surface area contributed by atoms with Crippen LogP contribution in [-0.4, -0.2) is 50.8 Å². The minimum Gasteiger partial charge on any atom is -0.368 e. The fourth-order valence-corrected chi connectivity index (χ4v) is 3.05. The van der Waals surface area contributed by atoms with Crippen molar-refractivity contribution in [2.45, 2.75) is 13.5 Å². The largest absolute Gasteiger partial charge is 0.368 e.